The molecule has 0 radical (unpaired) electrons. The normalized spacial score (nSPS) is 11.7. The van der Waals surface area contributed by atoms with Crippen LogP contribution in [0.15, 0.2) is 134 Å². The highest BCUT2D eigenvalue weighted by molar-refractivity contribution is 6.24. The molecule has 0 N–H and O–H groups in total. The first-order valence-corrected chi connectivity index (χ1v) is 18.6. The molecule has 58 heavy (non-hydrogen) atoms. The Hall–Kier alpha value is -8.82. The van der Waals surface area contributed by atoms with Gasteiger partial charge in [0.1, 0.15) is 29.8 Å². The van der Waals surface area contributed by atoms with Crippen molar-refractivity contribution < 1.29 is 0 Å². The maximum atomic E-state index is 10.1. The zero-order valence-corrected chi connectivity index (χ0v) is 30.3. The van der Waals surface area contributed by atoms with Gasteiger partial charge in [0.2, 0.25) is 0 Å². The lowest BCUT2D eigenvalue weighted by Gasteiger charge is -2.13. The standard InChI is InChI=1S/C50H22N8/c51-21-33-19-39-38-18-32-14-30(13-12-29(32)17-41(38)48-36-9-4-3-8-31(36)25-57(48)46(39)20-34(33)22-52)35-10-5-11-37-43(35)26-58-49(37)42-16-28-7-2-1-6-27(28)15-40(42)47-50(58)56-45(24-54)44(23-53)55-47/h1-20,25-26H. The summed E-state index contributed by atoms with van der Waals surface area (Å²) in [6.07, 6.45) is 4.18. The van der Waals surface area contributed by atoms with E-state index in [1.165, 1.54) is 0 Å². The van der Waals surface area contributed by atoms with E-state index in [1.54, 1.807) is 0 Å². The van der Waals surface area contributed by atoms with Crippen LogP contribution >= 0.6 is 0 Å². The third-order valence-electron chi connectivity index (χ3n) is 11.8. The molecule has 0 spiro atoms. The first kappa shape index (κ1) is 31.5. The molecular formula is C50H22N8. The molecule has 8 heteroatoms. The second-order valence-electron chi connectivity index (χ2n) is 14.7. The Bertz CT molecular complexity index is 4080. The van der Waals surface area contributed by atoms with E-state index < -0.39 is 0 Å². The van der Waals surface area contributed by atoms with Crippen LogP contribution in [-0.2, 0) is 0 Å². The Morgan fingerprint density at radius 2 is 1.05 bits per heavy atom. The molecule has 0 saturated heterocycles. The summed E-state index contributed by atoms with van der Waals surface area (Å²) in [5.74, 6) is 0. The minimum Gasteiger partial charge on any atom is -0.315 e. The van der Waals surface area contributed by atoms with Crippen molar-refractivity contribution in [2.45, 2.75) is 0 Å². The highest BCUT2D eigenvalue weighted by atomic mass is 15.0. The Morgan fingerprint density at radius 3 is 1.83 bits per heavy atom. The van der Waals surface area contributed by atoms with Gasteiger partial charge >= 0.3 is 0 Å². The van der Waals surface area contributed by atoms with Crippen molar-refractivity contribution in [1.29, 1.82) is 21.0 Å². The van der Waals surface area contributed by atoms with Gasteiger partial charge in [-0.15, -0.1) is 0 Å². The van der Waals surface area contributed by atoms with E-state index in [0.717, 1.165) is 97.7 Å². The number of fused-ring (bicyclic) bond motifs is 18. The van der Waals surface area contributed by atoms with Crippen LogP contribution in [0.4, 0.5) is 0 Å². The van der Waals surface area contributed by atoms with Crippen molar-refractivity contribution in [1.82, 2.24) is 18.8 Å². The average molecular weight is 735 g/mol. The topological polar surface area (TPSA) is 130 Å². The summed E-state index contributed by atoms with van der Waals surface area (Å²) in [5, 5.41) is 53.2. The average Bonchev–Trinajstić information content (AvgIpc) is 3.87. The van der Waals surface area contributed by atoms with Gasteiger partial charge in [-0.1, -0.05) is 78.9 Å². The number of nitrogens with zero attached hydrogens (tertiary/aromatic N) is 8. The van der Waals surface area contributed by atoms with E-state index in [-0.39, 0.29) is 11.4 Å². The minimum absolute atomic E-state index is 0.00193. The van der Waals surface area contributed by atoms with Gasteiger partial charge in [-0.05, 0) is 80.5 Å². The molecule has 0 bridgehead atoms. The summed E-state index contributed by atoms with van der Waals surface area (Å²) in [7, 11) is 0. The van der Waals surface area contributed by atoms with Gasteiger partial charge in [0.05, 0.1) is 27.7 Å². The van der Waals surface area contributed by atoms with E-state index in [1.807, 2.05) is 40.8 Å². The molecule has 12 aromatic rings. The summed E-state index contributed by atoms with van der Waals surface area (Å²) in [6.45, 7) is 0. The lowest BCUT2D eigenvalue weighted by molar-refractivity contribution is 1.14. The van der Waals surface area contributed by atoms with Gasteiger partial charge in [0, 0.05) is 55.5 Å². The van der Waals surface area contributed by atoms with Crippen LogP contribution in [0.1, 0.15) is 22.5 Å². The SMILES string of the molecule is N#Cc1cc2c3cc4cc(-c5cccc6c5cn5c7nc(C#N)c(C#N)nc7c7cc8ccccc8cc7c65)ccc4cc3c3c4ccccc4cn3c2cc1C#N. The molecule has 5 heterocycles. The minimum atomic E-state index is -0.0140. The van der Waals surface area contributed by atoms with E-state index in [2.05, 4.69) is 126 Å². The summed E-state index contributed by atoms with van der Waals surface area (Å²) in [6, 6.07) is 50.3. The molecule has 262 valence electrons. The fourth-order valence-corrected chi connectivity index (χ4v) is 9.19. The quantitative estimate of drug-likeness (QED) is 0.122. The lowest BCUT2D eigenvalue weighted by Crippen LogP contribution is -2.01. The zero-order valence-electron chi connectivity index (χ0n) is 30.3. The van der Waals surface area contributed by atoms with Crippen molar-refractivity contribution >= 4 is 97.7 Å². The molecule has 5 aromatic heterocycles. The van der Waals surface area contributed by atoms with Crippen molar-refractivity contribution in [3.05, 3.63) is 156 Å². The van der Waals surface area contributed by atoms with Crippen molar-refractivity contribution in [3.63, 3.8) is 0 Å². The van der Waals surface area contributed by atoms with Crippen molar-refractivity contribution in [2.75, 3.05) is 0 Å². The van der Waals surface area contributed by atoms with Gasteiger partial charge in [0.15, 0.2) is 17.0 Å². The van der Waals surface area contributed by atoms with Crippen LogP contribution < -0.4 is 0 Å². The number of pyridine rings is 2. The predicted molar refractivity (Wildman–Crippen MR) is 228 cm³/mol. The van der Waals surface area contributed by atoms with Crippen LogP contribution in [0.2, 0.25) is 0 Å². The van der Waals surface area contributed by atoms with E-state index in [4.69, 9.17) is 9.97 Å². The molecule has 0 unspecified atom stereocenters. The van der Waals surface area contributed by atoms with Crippen LogP contribution in [-0.4, -0.2) is 18.8 Å². The number of hydrogen-bond acceptors (Lipinski definition) is 6. The van der Waals surface area contributed by atoms with E-state index >= 15 is 0 Å². The molecule has 12 rings (SSSR count). The van der Waals surface area contributed by atoms with Gasteiger partial charge in [-0.3, -0.25) is 4.40 Å². The van der Waals surface area contributed by atoms with Crippen molar-refractivity contribution in [3.8, 4) is 35.4 Å². The largest absolute Gasteiger partial charge is 0.315 e. The number of aromatic nitrogens is 4. The fraction of sp³-hybridized carbons (Fsp3) is 0. The highest BCUT2D eigenvalue weighted by Gasteiger charge is 2.21. The summed E-state index contributed by atoms with van der Waals surface area (Å²) in [5.41, 5.74) is 6.65. The van der Waals surface area contributed by atoms with E-state index in [9.17, 15) is 21.0 Å². The van der Waals surface area contributed by atoms with E-state index in [0.29, 0.717) is 22.3 Å². The summed E-state index contributed by atoms with van der Waals surface area (Å²) in [4.78, 5) is 9.48. The summed E-state index contributed by atoms with van der Waals surface area (Å²) >= 11 is 0. The number of hydrogen-bond donors (Lipinski definition) is 0. The third-order valence-corrected chi connectivity index (χ3v) is 11.8. The van der Waals surface area contributed by atoms with Crippen LogP contribution in [0.25, 0.3) is 109 Å². The smallest absolute Gasteiger partial charge is 0.179 e. The molecule has 7 aromatic carbocycles. The molecule has 0 aliphatic heterocycles. The maximum absolute atomic E-state index is 10.1. The molecule has 8 nitrogen and oxygen atoms in total. The maximum Gasteiger partial charge on any atom is 0.179 e. The van der Waals surface area contributed by atoms with Gasteiger partial charge in [0.25, 0.3) is 0 Å². The predicted octanol–water partition coefficient (Wildman–Crippen LogP) is 11.4. The highest BCUT2D eigenvalue weighted by Crippen LogP contribution is 2.42. The monoisotopic (exact) mass is 734 g/mol. The van der Waals surface area contributed by atoms with Gasteiger partial charge in [-0.25, -0.2) is 9.97 Å². The molecule has 0 saturated carbocycles. The first-order valence-electron chi connectivity index (χ1n) is 18.6. The third kappa shape index (κ3) is 4.12. The Balaban J connectivity index is 1.16. The van der Waals surface area contributed by atoms with Crippen molar-refractivity contribution in [2.24, 2.45) is 0 Å². The van der Waals surface area contributed by atoms with Gasteiger partial charge < -0.3 is 4.40 Å². The molecule has 0 aliphatic rings. The van der Waals surface area contributed by atoms with Crippen LogP contribution in [0.3, 0.4) is 0 Å². The Kier molecular flexibility index (Phi) is 6.17. The molecule has 0 fully saturated rings. The second kappa shape index (κ2) is 11.4. The fourth-order valence-electron chi connectivity index (χ4n) is 9.19. The number of rotatable bonds is 1. The zero-order chi connectivity index (χ0) is 38.8. The van der Waals surface area contributed by atoms with Crippen LogP contribution in [0.5, 0.6) is 0 Å². The second-order valence-corrected chi connectivity index (χ2v) is 14.7. The molecule has 0 amide bonds. The van der Waals surface area contributed by atoms with Crippen LogP contribution in [0, 0.1) is 45.3 Å². The Labute approximate surface area is 328 Å². The van der Waals surface area contributed by atoms with Gasteiger partial charge in [-0.2, -0.15) is 21.0 Å². The summed E-state index contributed by atoms with van der Waals surface area (Å²) < 4.78 is 4.18. The molecule has 0 aliphatic carbocycles. The Morgan fingerprint density at radius 1 is 0.414 bits per heavy atom. The molecule has 0 atom stereocenters. The number of benzene rings is 7. The number of nitriles is 4. The molecular weight excluding hydrogens is 713 g/mol. The lowest BCUT2D eigenvalue weighted by atomic mass is 9.94. The first-order chi connectivity index (χ1) is 28.5.